The van der Waals surface area contributed by atoms with Crippen LogP contribution in [0.5, 0.6) is 11.5 Å². The second-order valence-corrected chi connectivity index (χ2v) is 38.3. The molecule has 5 heterocycles. The van der Waals surface area contributed by atoms with Crippen molar-refractivity contribution in [2.24, 2.45) is 17.8 Å². The maximum Gasteiger partial charge on any atom is 0.336 e. The molecule has 0 bridgehead atoms. The first kappa shape index (κ1) is 93.6. The number of benzene rings is 3. The number of hydrogen-bond donors (Lipinski definition) is 4. The molecule has 0 saturated heterocycles. The van der Waals surface area contributed by atoms with Crippen molar-refractivity contribution >= 4 is 217 Å². The Morgan fingerprint density at radius 1 is 0.594 bits per heavy atom. The van der Waals surface area contributed by atoms with Crippen LogP contribution in [0.15, 0.2) is 143 Å². The second kappa shape index (κ2) is 50.9. The van der Waals surface area contributed by atoms with Gasteiger partial charge in [-0.15, -0.1) is 57.8 Å². The van der Waals surface area contributed by atoms with Gasteiger partial charge in [0.05, 0.1) is 25.8 Å². The quantitative estimate of drug-likeness (QED) is 0.0140. The minimum absolute atomic E-state index is 0. The number of carboxylic acids is 2. The van der Waals surface area contributed by atoms with E-state index in [0.29, 0.717) is 51.2 Å². The Kier molecular flexibility index (Phi) is 49.6. The summed E-state index contributed by atoms with van der Waals surface area (Å²) in [4.78, 5) is 62.0. The fourth-order valence-corrected chi connectivity index (χ4v) is 20.2. The van der Waals surface area contributed by atoms with E-state index in [2.05, 4.69) is 197 Å². The van der Waals surface area contributed by atoms with Gasteiger partial charge in [0.25, 0.3) is 0 Å². The summed E-state index contributed by atoms with van der Waals surface area (Å²) in [6, 6.07) is 33.2. The van der Waals surface area contributed by atoms with E-state index >= 15 is 0 Å². The van der Waals surface area contributed by atoms with Gasteiger partial charge in [-0.1, -0.05) is 78.6 Å². The number of Topliss-reactive ketones (excluding diaryl/α,β-unsaturated/α-hetero) is 3. The number of rotatable bonds is 20. The van der Waals surface area contributed by atoms with Crippen LogP contribution in [-0.4, -0.2) is 107 Å². The van der Waals surface area contributed by atoms with Crippen LogP contribution >= 0.6 is 152 Å². The molecule has 0 unspecified atom stereocenters. The largest absolute Gasteiger partial charge is 0.508 e. The number of phenolic OH excluding ortho intramolecular Hbond substituents is 1. The molecule has 3 fully saturated rings. The molecule has 0 amide bonds. The van der Waals surface area contributed by atoms with Crippen molar-refractivity contribution in [2.45, 2.75) is 136 Å². The van der Waals surface area contributed by atoms with E-state index < -0.39 is 20.3 Å². The molecule has 2 radical (unpaired) electrons. The number of carbonyl (C=O) groups is 5. The molecule has 13 nitrogen and oxygen atoms in total. The number of carbonyl (C=O) groups excluding carboxylic acids is 3. The molecular weight excluding hydrogens is 1930 g/mol. The van der Waals surface area contributed by atoms with Crippen LogP contribution in [0.4, 0.5) is 0 Å². The zero-order valence-electron chi connectivity index (χ0n) is 55.5. The number of alkyl halides is 1. The molecule has 0 aliphatic heterocycles. The molecule has 8 aromatic rings. The molecule has 3 aliphatic rings. The van der Waals surface area contributed by atoms with Crippen LogP contribution in [0.2, 0.25) is 16.6 Å². The Morgan fingerprint density at radius 3 is 1.28 bits per heavy atom. The standard InChI is InChI=1S/C15H14OS.C15H25OSi.C14H12O2S.C8H7BrOS.C6H13I.C5H3BrO2S.C5H4O2S.C2H7NO.Bi.Br2.ClH.2H2O/c1-10-2-4-11(5-3-10)14-8-13(9-17-14)15(16)12-6-7-12;1-12(2)17(13(3)4,14(5)6)16-15-10-8-7-9-11-15;15-12-5-3-9(4-6-12)13-7-11(8-17-13)14(16)10-1-2-10;9-7-3-6(4-11-7)8(10)5-1-2-5;1-2-3-4-5-6-7;6-4-1-3(2-9-4)5(7)8;6-5(7)4-1-2-8-3-4;1-3-4-2;;1-2;;;/h2-5,8-9,12H,6-7H2,1H3;8-14H,1-6H3;3-8,10,15H,1-2H2;3-5H,1-2H2;2-6H2,1H3;1-2H,(H,7,8);1-3H,(H,6,7);3H,1-2H3;;;1H;2*1H2. The average Bonchev–Trinajstić information content (AvgIpc) is 1.77. The first-order valence-corrected chi connectivity index (χ1v) is 45.6. The van der Waals surface area contributed by atoms with Gasteiger partial charge in [0, 0.05) is 106 Å². The zero-order chi connectivity index (χ0) is 69.2. The van der Waals surface area contributed by atoms with E-state index in [0.717, 1.165) is 79.0 Å². The Labute approximate surface area is 656 Å². The Bertz CT molecular complexity index is 3320. The number of aromatic carboxylic acids is 2. The molecule has 3 aliphatic carbocycles. The van der Waals surface area contributed by atoms with Crippen LogP contribution in [0.3, 0.4) is 0 Å². The SMILES string of the molecule is BrBr.CC(C)[Si](Oc1cc[c]([Bi])cc1)(C(C)C)C(C)C.CCCCCCI.CNOC.Cc1ccc(-c2cc(C(=O)C3CC3)cs2)cc1.Cl.O.O.O=C(O)c1ccsc1.O=C(O)c1csc(Br)c1.O=C(c1csc(-c2ccc(O)cc2)c1)C1CC1.O=C(c1csc(Br)c1)C1CC1. The summed E-state index contributed by atoms with van der Waals surface area (Å²) in [7, 11) is 1.50. The molecule has 0 spiro atoms. The van der Waals surface area contributed by atoms with Gasteiger partial charge in [0.1, 0.15) is 5.75 Å². The molecule has 96 heavy (non-hydrogen) atoms. The number of aromatic hydroxyl groups is 1. The van der Waals surface area contributed by atoms with Crippen molar-refractivity contribution in [3.63, 3.8) is 0 Å². The smallest absolute Gasteiger partial charge is 0.336 e. The number of hydroxylamine groups is 1. The average molecular weight is 2020 g/mol. The molecule has 8 N–H and O–H groups in total. The van der Waals surface area contributed by atoms with Crippen molar-refractivity contribution in [2.75, 3.05) is 18.6 Å². The summed E-state index contributed by atoms with van der Waals surface area (Å²) in [6.45, 7) is 18.3. The number of nitrogens with one attached hydrogen (secondary N) is 1. The van der Waals surface area contributed by atoms with Gasteiger partial charge >= 0.3 is 141 Å². The fourth-order valence-electron chi connectivity index (χ4n) is 9.16. The van der Waals surface area contributed by atoms with Crippen molar-refractivity contribution in [3.05, 3.63) is 176 Å². The summed E-state index contributed by atoms with van der Waals surface area (Å²) >= 11 is 23.3. The number of ketones is 3. The second-order valence-electron chi connectivity index (χ2n) is 22.7. The molecule has 528 valence electrons. The van der Waals surface area contributed by atoms with Crippen molar-refractivity contribution in [1.29, 1.82) is 0 Å². The Morgan fingerprint density at radius 2 is 0.979 bits per heavy atom. The number of halogens is 6. The molecule has 3 saturated carbocycles. The third-order valence-electron chi connectivity index (χ3n) is 14.6. The van der Waals surface area contributed by atoms with Crippen LogP contribution in [0.25, 0.3) is 20.9 Å². The minimum Gasteiger partial charge on any atom is -0.508 e. The van der Waals surface area contributed by atoms with Gasteiger partial charge in [-0.2, -0.15) is 11.3 Å². The van der Waals surface area contributed by atoms with E-state index in [1.54, 1.807) is 88.6 Å². The normalized spacial score (nSPS) is 12.2. The van der Waals surface area contributed by atoms with Crippen molar-refractivity contribution < 1.29 is 59.5 Å². The summed E-state index contributed by atoms with van der Waals surface area (Å²) in [5, 5.41) is 36.7. The Balaban J connectivity index is 0.00000110. The molecule has 26 heteroatoms. The molecule has 11 rings (SSSR count). The van der Waals surface area contributed by atoms with Crippen LogP contribution in [0.1, 0.15) is 170 Å². The van der Waals surface area contributed by atoms with Crippen molar-refractivity contribution in [3.8, 4) is 32.4 Å². The van der Waals surface area contributed by atoms with Crippen LogP contribution in [-0.2, 0) is 4.84 Å². The first-order valence-electron chi connectivity index (χ1n) is 30.4. The van der Waals surface area contributed by atoms with Crippen LogP contribution < -0.4 is 13.2 Å². The number of thiophene rings is 5. The number of hydrogen-bond acceptors (Lipinski definition) is 14. The van der Waals surface area contributed by atoms with Gasteiger partial charge < -0.3 is 31.1 Å². The predicted molar refractivity (Wildman–Crippen MR) is 434 cm³/mol. The maximum absolute atomic E-state index is 11.9. The number of unbranched alkanes of at least 4 members (excludes halogenated alkanes) is 3. The zero-order valence-corrected chi connectivity index (χ0v) is 73.4. The third kappa shape index (κ3) is 34.5. The van der Waals surface area contributed by atoms with E-state index in [9.17, 15) is 29.1 Å². The van der Waals surface area contributed by atoms with E-state index in [1.165, 1.54) is 96.8 Å². The van der Waals surface area contributed by atoms with E-state index in [4.69, 9.17) is 14.6 Å². The van der Waals surface area contributed by atoms with E-state index in [-0.39, 0.29) is 40.8 Å². The molecule has 3 aromatic carbocycles. The summed E-state index contributed by atoms with van der Waals surface area (Å²) in [5.74, 6) is 1.47. The van der Waals surface area contributed by atoms with Crippen molar-refractivity contribution in [1.82, 2.24) is 5.48 Å². The van der Waals surface area contributed by atoms with E-state index in [1.807, 2.05) is 46.5 Å². The Hall–Kier alpha value is -2.41. The number of carboxylic acid groups (broad SMARTS) is 2. The predicted octanol–water partition coefficient (Wildman–Crippen LogP) is 22.1. The summed E-state index contributed by atoms with van der Waals surface area (Å²) in [6.07, 6.45) is 12.0. The van der Waals surface area contributed by atoms with Gasteiger partial charge in [0.2, 0.25) is 0 Å². The summed E-state index contributed by atoms with van der Waals surface area (Å²) < 4.78 is 11.2. The molecular formula is C70H90BiBr4ClINO12S5Si. The molecule has 0 atom stereocenters. The number of phenols is 1. The van der Waals surface area contributed by atoms with Gasteiger partial charge in [0.15, 0.2) is 17.3 Å². The minimum atomic E-state index is -1.78. The van der Waals surface area contributed by atoms with Gasteiger partial charge in [-0.25, -0.2) is 15.1 Å². The van der Waals surface area contributed by atoms with Gasteiger partial charge in [-0.05, 0) is 159 Å². The molecule has 5 aromatic heterocycles. The first-order chi connectivity index (χ1) is 44.4. The monoisotopic (exact) mass is 2010 g/mol. The fraction of sp³-hybridized carbons (Fsp3) is 0.386. The number of aryl methyl sites for hydroxylation is 1. The summed E-state index contributed by atoms with van der Waals surface area (Å²) in [5.41, 5.74) is 11.2. The topological polar surface area (TPSA) is 240 Å². The third-order valence-corrected chi connectivity index (χ3v) is 28.1. The maximum atomic E-state index is 11.9. The van der Waals surface area contributed by atoms with Crippen LogP contribution in [0, 0.1) is 24.7 Å². The van der Waals surface area contributed by atoms with Gasteiger partial charge in [-0.3, -0.25) is 14.4 Å².